The molecule has 2 heterocycles. The molecule has 7 fully saturated rings. The Labute approximate surface area is 241 Å². The van der Waals surface area contributed by atoms with Gasteiger partial charge in [-0.25, -0.2) is 0 Å². The zero-order valence-electron chi connectivity index (χ0n) is 26.2. The Morgan fingerprint density at radius 1 is 0.850 bits per heavy atom. The first-order valence-electron chi connectivity index (χ1n) is 16.1. The van der Waals surface area contributed by atoms with E-state index in [4.69, 9.17) is 14.2 Å². The highest BCUT2D eigenvalue weighted by atomic mass is 16.6. The van der Waals surface area contributed by atoms with Crippen molar-refractivity contribution in [3.05, 3.63) is 0 Å². The lowest BCUT2D eigenvalue weighted by Crippen LogP contribution is -2.73. The van der Waals surface area contributed by atoms with Crippen molar-refractivity contribution in [2.24, 2.45) is 56.7 Å². The first-order valence-corrected chi connectivity index (χ1v) is 16.1. The van der Waals surface area contributed by atoms with Crippen LogP contribution in [0.15, 0.2) is 0 Å². The van der Waals surface area contributed by atoms with Crippen LogP contribution in [0.4, 0.5) is 0 Å². The standard InChI is InChI=1S/C34H52O6/c1-20-27-23-9-10-25-30(6)13-12-26(39-22(3)36)29(4,5)24(30)11-14-31(25,7)34(23,19-38-21(2)35)18-17-33(27)16-15-32(20,8)40-28(33)37/h20,23-27H,9-19H2,1-8H3/t20-,23+,24?,25+,26+,27?,30-,31+,32-,33-,34-/m0/s1. The fourth-order valence-corrected chi connectivity index (χ4v) is 12.8. The zero-order chi connectivity index (χ0) is 29.1. The number of rotatable bonds is 3. The van der Waals surface area contributed by atoms with Gasteiger partial charge in [0.1, 0.15) is 11.7 Å². The molecule has 1 spiro atoms. The number of carbonyl (C=O) groups excluding carboxylic acids is 3. The van der Waals surface area contributed by atoms with E-state index in [0.29, 0.717) is 30.3 Å². The Morgan fingerprint density at radius 2 is 1.55 bits per heavy atom. The molecule has 7 aliphatic rings. The van der Waals surface area contributed by atoms with Crippen LogP contribution in [0, 0.1) is 56.7 Å². The van der Waals surface area contributed by atoms with E-state index >= 15 is 0 Å². The van der Waals surface area contributed by atoms with Gasteiger partial charge >= 0.3 is 17.9 Å². The lowest BCUT2D eigenvalue weighted by molar-refractivity contribution is -0.299. The van der Waals surface area contributed by atoms with E-state index in [1.165, 1.54) is 6.92 Å². The predicted molar refractivity (Wildman–Crippen MR) is 151 cm³/mol. The Balaban J connectivity index is 1.42. The van der Waals surface area contributed by atoms with Crippen LogP contribution in [0.25, 0.3) is 0 Å². The van der Waals surface area contributed by atoms with E-state index in [1.807, 2.05) is 0 Å². The van der Waals surface area contributed by atoms with E-state index in [-0.39, 0.29) is 57.0 Å². The molecule has 0 aromatic rings. The van der Waals surface area contributed by atoms with Crippen LogP contribution in [0.1, 0.15) is 120 Å². The van der Waals surface area contributed by atoms with Gasteiger partial charge in [0.15, 0.2) is 0 Å². The Hall–Kier alpha value is -1.59. The third-order valence-electron chi connectivity index (χ3n) is 14.8. The highest BCUT2D eigenvalue weighted by Crippen LogP contribution is 2.78. The molecular formula is C34H52O6. The highest BCUT2D eigenvalue weighted by Gasteiger charge is 2.76. The monoisotopic (exact) mass is 556 g/mol. The molecule has 0 aromatic heterocycles. The van der Waals surface area contributed by atoms with Gasteiger partial charge in [-0.1, -0.05) is 34.6 Å². The van der Waals surface area contributed by atoms with Crippen LogP contribution in [-0.4, -0.2) is 36.2 Å². The number of ether oxygens (including phenoxy) is 3. The summed E-state index contributed by atoms with van der Waals surface area (Å²) in [6, 6.07) is 0. The van der Waals surface area contributed by atoms with Crippen molar-refractivity contribution in [3.63, 3.8) is 0 Å². The second-order valence-electron chi connectivity index (χ2n) is 16.3. The molecular weight excluding hydrogens is 504 g/mol. The van der Waals surface area contributed by atoms with Gasteiger partial charge in [-0.3, -0.25) is 14.4 Å². The van der Waals surface area contributed by atoms with E-state index in [9.17, 15) is 14.4 Å². The molecule has 2 aliphatic heterocycles. The summed E-state index contributed by atoms with van der Waals surface area (Å²) >= 11 is 0. The summed E-state index contributed by atoms with van der Waals surface area (Å²) in [6.45, 7) is 17.7. The first-order chi connectivity index (χ1) is 18.6. The summed E-state index contributed by atoms with van der Waals surface area (Å²) in [4.78, 5) is 38.0. The van der Waals surface area contributed by atoms with Crippen molar-refractivity contribution in [2.45, 2.75) is 131 Å². The first kappa shape index (κ1) is 28.5. The van der Waals surface area contributed by atoms with Crippen LogP contribution in [0.2, 0.25) is 0 Å². The summed E-state index contributed by atoms with van der Waals surface area (Å²) in [6.07, 6.45) is 9.98. The van der Waals surface area contributed by atoms with Gasteiger partial charge in [0.25, 0.3) is 0 Å². The van der Waals surface area contributed by atoms with Gasteiger partial charge in [0.05, 0.1) is 12.0 Å². The molecule has 2 unspecified atom stereocenters. The number of esters is 3. The fourth-order valence-electron chi connectivity index (χ4n) is 12.8. The van der Waals surface area contributed by atoms with E-state index in [0.717, 1.165) is 64.2 Å². The second-order valence-corrected chi connectivity index (χ2v) is 16.3. The highest BCUT2D eigenvalue weighted by molar-refractivity contribution is 5.80. The zero-order valence-corrected chi connectivity index (χ0v) is 26.2. The van der Waals surface area contributed by atoms with Gasteiger partial charge in [-0.2, -0.15) is 0 Å². The van der Waals surface area contributed by atoms with Crippen LogP contribution >= 0.6 is 0 Å². The minimum absolute atomic E-state index is 0.00377. The van der Waals surface area contributed by atoms with E-state index in [1.54, 1.807) is 6.92 Å². The number of fused-ring (bicyclic) bond motifs is 7. The Kier molecular flexibility index (Phi) is 6.22. The molecule has 0 N–H and O–H groups in total. The Bertz CT molecular complexity index is 1110. The topological polar surface area (TPSA) is 78.9 Å². The van der Waals surface area contributed by atoms with Gasteiger partial charge in [0, 0.05) is 24.7 Å². The molecule has 11 atom stereocenters. The average molecular weight is 557 g/mol. The third kappa shape index (κ3) is 3.43. The van der Waals surface area contributed by atoms with Crippen molar-refractivity contribution in [2.75, 3.05) is 6.61 Å². The molecule has 5 aliphatic carbocycles. The van der Waals surface area contributed by atoms with Crippen LogP contribution < -0.4 is 0 Å². The minimum atomic E-state index is -0.394. The second kappa shape index (κ2) is 8.72. The lowest BCUT2D eigenvalue weighted by atomic mass is 9.30. The van der Waals surface area contributed by atoms with Crippen molar-refractivity contribution < 1.29 is 28.6 Å². The number of carbonyl (C=O) groups is 3. The van der Waals surface area contributed by atoms with Crippen LogP contribution in [0.5, 0.6) is 0 Å². The molecule has 2 saturated heterocycles. The number of hydrogen-bond donors (Lipinski definition) is 0. The maximum absolute atomic E-state index is 13.6. The van der Waals surface area contributed by atoms with Crippen molar-refractivity contribution in [3.8, 4) is 0 Å². The molecule has 5 saturated carbocycles. The van der Waals surface area contributed by atoms with E-state index in [2.05, 4.69) is 41.5 Å². The lowest BCUT2D eigenvalue weighted by Gasteiger charge is -2.75. The Morgan fingerprint density at radius 3 is 2.20 bits per heavy atom. The SMILES string of the molecule is CC(=O)OC[C@@]12CC[C@]34CC[C@](C)(OC3=O)[C@@H](C)C4[C@H]1CC[C@@H]1[C@@]3(C)CC[C@@H](OC(C)=O)C(C)(C)C3CC[C@]12C. The van der Waals surface area contributed by atoms with Gasteiger partial charge in [0.2, 0.25) is 0 Å². The van der Waals surface area contributed by atoms with Crippen molar-refractivity contribution in [1.82, 2.24) is 0 Å². The van der Waals surface area contributed by atoms with Crippen molar-refractivity contribution in [1.29, 1.82) is 0 Å². The maximum Gasteiger partial charge on any atom is 0.312 e. The molecule has 7 rings (SSSR count). The molecule has 2 bridgehead atoms. The summed E-state index contributed by atoms with van der Waals surface area (Å²) in [7, 11) is 0. The minimum Gasteiger partial charge on any atom is -0.465 e. The van der Waals surface area contributed by atoms with Crippen molar-refractivity contribution >= 4 is 17.9 Å². The summed E-state index contributed by atoms with van der Waals surface area (Å²) < 4.78 is 18.1. The third-order valence-corrected chi connectivity index (χ3v) is 14.8. The quantitative estimate of drug-likeness (QED) is 0.279. The normalized spacial score (nSPS) is 52.2. The predicted octanol–water partition coefficient (Wildman–Crippen LogP) is 6.88. The molecule has 0 amide bonds. The number of hydrogen-bond acceptors (Lipinski definition) is 6. The fraction of sp³-hybridized carbons (Fsp3) is 0.912. The summed E-state index contributed by atoms with van der Waals surface area (Å²) in [5.41, 5.74) is -0.885. The van der Waals surface area contributed by atoms with Gasteiger partial charge in [-0.05, 0) is 112 Å². The smallest absolute Gasteiger partial charge is 0.312 e. The van der Waals surface area contributed by atoms with E-state index < -0.39 is 5.60 Å². The van der Waals surface area contributed by atoms with Gasteiger partial charge < -0.3 is 14.2 Å². The summed E-state index contributed by atoms with van der Waals surface area (Å²) in [5, 5.41) is 0. The molecule has 0 aromatic carbocycles. The largest absolute Gasteiger partial charge is 0.465 e. The van der Waals surface area contributed by atoms with Gasteiger partial charge in [-0.15, -0.1) is 0 Å². The maximum atomic E-state index is 13.6. The molecule has 0 radical (unpaired) electrons. The molecule has 6 nitrogen and oxygen atoms in total. The summed E-state index contributed by atoms with van der Waals surface area (Å²) in [5.74, 6) is 1.54. The molecule has 224 valence electrons. The van der Waals surface area contributed by atoms with Crippen LogP contribution in [-0.2, 0) is 28.6 Å². The van der Waals surface area contributed by atoms with Crippen LogP contribution in [0.3, 0.4) is 0 Å². The molecule has 6 heteroatoms. The average Bonchev–Trinajstić information content (AvgIpc) is 2.86. The molecule has 40 heavy (non-hydrogen) atoms.